The molecule has 132 valence electrons. The number of halogens is 1. The van der Waals surface area contributed by atoms with E-state index in [-0.39, 0.29) is 34.3 Å². The van der Waals surface area contributed by atoms with Gasteiger partial charge in [-0.25, -0.2) is 0 Å². The summed E-state index contributed by atoms with van der Waals surface area (Å²) in [5, 5.41) is 31.5. The third kappa shape index (κ3) is 2.19. The molecule has 3 nitrogen and oxygen atoms in total. The fourth-order valence-corrected chi connectivity index (χ4v) is 7.63. The maximum atomic E-state index is 11.0. The molecule has 0 heterocycles. The number of fused-ring (bicyclic) bond motifs is 5. The van der Waals surface area contributed by atoms with E-state index in [1.807, 2.05) is 0 Å². The molecule has 23 heavy (non-hydrogen) atoms. The molecular formula is C19H31ClO3. The summed E-state index contributed by atoms with van der Waals surface area (Å²) < 4.78 is 0. The SMILES string of the molecule is C[C@]12CCC(O)CC1CC(O)[C@@H]1[C@H]2CC[C@]2(C)C(O)C(Cl)C[C@@H]12. The molecule has 0 aliphatic heterocycles. The van der Waals surface area contributed by atoms with Crippen LogP contribution in [-0.4, -0.2) is 39.0 Å². The van der Waals surface area contributed by atoms with Crippen LogP contribution < -0.4 is 0 Å². The Hall–Kier alpha value is 0.170. The van der Waals surface area contributed by atoms with E-state index in [9.17, 15) is 15.3 Å². The summed E-state index contributed by atoms with van der Waals surface area (Å²) in [6.45, 7) is 4.59. The van der Waals surface area contributed by atoms with Gasteiger partial charge in [-0.2, -0.15) is 0 Å². The Morgan fingerprint density at radius 2 is 1.57 bits per heavy atom. The lowest BCUT2D eigenvalue weighted by Gasteiger charge is -2.61. The van der Waals surface area contributed by atoms with E-state index < -0.39 is 6.10 Å². The highest BCUT2D eigenvalue weighted by molar-refractivity contribution is 6.21. The molecule has 0 aromatic carbocycles. The van der Waals surface area contributed by atoms with Crippen molar-refractivity contribution < 1.29 is 15.3 Å². The number of aliphatic hydroxyl groups is 3. The van der Waals surface area contributed by atoms with E-state index >= 15 is 0 Å². The molecular weight excluding hydrogens is 312 g/mol. The second-order valence-corrected chi connectivity index (χ2v) is 10.0. The van der Waals surface area contributed by atoms with Gasteiger partial charge >= 0.3 is 0 Å². The smallest absolute Gasteiger partial charge is 0.0760 e. The average Bonchev–Trinajstić information content (AvgIpc) is 2.73. The van der Waals surface area contributed by atoms with Crippen molar-refractivity contribution in [3.05, 3.63) is 0 Å². The van der Waals surface area contributed by atoms with E-state index in [2.05, 4.69) is 13.8 Å². The van der Waals surface area contributed by atoms with Gasteiger partial charge in [-0.3, -0.25) is 0 Å². The second kappa shape index (κ2) is 5.33. The van der Waals surface area contributed by atoms with Crippen molar-refractivity contribution in [3.63, 3.8) is 0 Å². The van der Waals surface area contributed by atoms with E-state index in [0.29, 0.717) is 17.8 Å². The predicted molar refractivity (Wildman–Crippen MR) is 90.2 cm³/mol. The summed E-state index contributed by atoms with van der Waals surface area (Å²) in [6, 6.07) is 0. The Bertz CT molecular complexity index is 485. The van der Waals surface area contributed by atoms with E-state index in [1.54, 1.807) is 0 Å². The first-order chi connectivity index (χ1) is 10.8. The van der Waals surface area contributed by atoms with E-state index in [1.165, 1.54) is 0 Å². The van der Waals surface area contributed by atoms with Gasteiger partial charge in [-0.05, 0) is 79.4 Å². The summed E-state index contributed by atoms with van der Waals surface area (Å²) in [4.78, 5) is 0. The Kier molecular flexibility index (Phi) is 3.85. The maximum Gasteiger partial charge on any atom is 0.0760 e. The van der Waals surface area contributed by atoms with Gasteiger partial charge in [-0.15, -0.1) is 11.6 Å². The Morgan fingerprint density at radius 3 is 2.30 bits per heavy atom. The Labute approximate surface area is 144 Å². The van der Waals surface area contributed by atoms with Gasteiger partial charge in [0, 0.05) is 0 Å². The van der Waals surface area contributed by atoms with Gasteiger partial charge < -0.3 is 15.3 Å². The van der Waals surface area contributed by atoms with Gasteiger partial charge in [0.25, 0.3) is 0 Å². The summed E-state index contributed by atoms with van der Waals surface area (Å²) >= 11 is 6.43. The standard InChI is InChI=1S/C19H31ClO3/c1-18-5-3-11(21)7-10(18)8-15(22)16-12(18)4-6-19(2)13(16)9-14(20)17(19)23/h10-17,21-23H,3-9H2,1-2H3/t10?,11?,12-,13+,14?,15?,16-,17?,18+,19+/m1/s1. The third-order valence-corrected chi connectivity index (χ3v) is 9.01. The molecule has 3 N–H and O–H groups in total. The molecule has 0 radical (unpaired) electrons. The minimum absolute atomic E-state index is 0.133. The molecule has 4 saturated carbocycles. The zero-order chi connectivity index (χ0) is 16.6. The topological polar surface area (TPSA) is 60.7 Å². The largest absolute Gasteiger partial charge is 0.393 e. The fourth-order valence-electron chi connectivity index (χ4n) is 7.15. The lowest BCUT2D eigenvalue weighted by molar-refractivity contribution is -0.176. The number of hydrogen-bond acceptors (Lipinski definition) is 3. The van der Waals surface area contributed by atoms with Crippen LogP contribution in [0.2, 0.25) is 0 Å². The van der Waals surface area contributed by atoms with Crippen LogP contribution in [0.3, 0.4) is 0 Å². The normalized spacial score (nSPS) is 62.3. The molecule has 5 unspecified atom stereocenters. The van der Waals surface area contributed by atoms with Crippen LogP contribution in [0.4, 0.5) is 0 Å². The molecule has 4 heteroatoms. The molecule has 0 spiro atoms. The van der Waals surface area contributed by atoms with E-state index in [4.69, 9.17) is 11.6 Å². The molecule has 4 rings (SSSR count). The van der Waals surface area contributed by atoms with Gasteiger partial charge in [-0.1, -0.05) is 13.8 Å². The van der Waals surface area contributed by atoms with Crippen LogP contribution >= 0.6 is 11.6 Å². The second-order valence-electron chi connectivity index (χ2n) is 9.47. The number of alkyl halides is 1. The maximum absolute atomic E-state index is 11.0. The van der Waals surface area contributed by atoms with Gasteiger partial charge in [0.1, 0.15) is 0 Å². The molecule has 0 bridgehead atoms. The van der Waals surface area contributed by atoms with E-state index in [0.717, 1.165) is 44.9 Å². The van der Waals surface area contributed by atoms with Crippen molar-refractivity contribution in [3.8, 4) is 0 Å². The van der Waals surface area contributed by atoms with Crippen LogP contribution in [0.25, 0.3) is 0 Å². The first-order valence-electron chi connectivity index (χ1n) is 9.45. The Balaban J connectivity index is 1.68. The summed E-state index contributed by atoms with van der Waals surface area (Å²) in [6.07, 6.45) is 5.62. The van der Waals surface area contributed by atoms with Crippen LogP contribution in [0.15, 0.2) is 0 Å². The zero-order valence-electron chi connectivity index (χ0n) is 14.3. The summed E-state index contributed by atoms with van der Waals surface area (Å²) in [5.74, 6) is 1.54. The lowest BCUT2D eigenvalue weighted by Crippen LogP contribution is -2.58. The average molecular weight is 343 g/mol. The summed E-state index contributed by atoms with van der Waals surface area (Å²) in [5.41, 5.74) is 0.103. The first-order valence-corrected chi connectivity index (χ1v) is 9.89. The van der Waals surface area contributed by atoms with Crippen molar-refractivity contribution >= 4 is 11.6 Å². The highest BCUT2D eigenvalue weighted by Crippen LogP contribution is 2.66. The van der Waals surface area contributed by atoms with Crippen molar-refractivity contribution in [1.82, 2.24) is 0 Å². The van der Waals surface area contributed by atoms with Crippen molar-refractivity contribution in [2.24, 2.45) is 34.5 Å². The van der Waals surface area contributed by atoms with Crippen LogP contribution in [0.1, 0.15) is 58.8 Å². The van der Waals surface area contributed by atoms with Gasteiger partial charge in [0.05, 0.1) is 23.7 Å². The number of aliphatic hydroxyl groups excluding tert-OH is 3. The van der Waals surface area contributed by atoms with Gasteiger partial charge in [0.2, 0.25) is 0 Å². The molecule has 0 aromatic heterocycles. The number of hydrogen-bond donors (Lipinski definition) is 3. The van der Waals surface area contributed by atoms with Crippen LogP contribution in [0.5, 0.6) is 0 Å². The van der Waals surface area contributed by atoms with Crippen molar-refractivity contribution in [1.29, 1.82) is 0 Å². The van der Waals surface area contributed by atoms with Crippen molar-refractivity contribution in [2.75, 3.05) is 0 Å². The number of rotatable bonds is 0. The highest BCUT2D eigenvalue weighted by Gasteiger charge is 2.64. The minimum Gasteiger partial charge on any atom is -0.393 e. The first kappa shape index (κ1) is 16.6. The van der Waals surface area contributed by atoms with Crippen molar-refractivity contribution in [2.45, 2.75) is 82.5 Å². The lowest BCUT2D eigenvalue weighted by atomic mass is 9.44. The minimum atomic E-state index is -0.443. The molecule has 0 saturated heterocycles. The molecule has 0 aromatic rings. The quantitative estimate of drug-likeness (QED) is 0.593. The molecule has 4 aliphatic rings. The van der Waals surface area contributed by atoms with Crippen LogP contribution in [-0.2, 0) is 0 Å². The Morgan fingerprint density at radius 1 is 0.870 bits per heavy atom. The zero-order valence-corrected chi connectivity index (χ0v) is 15.0. The third-order valence-electron chi connectivity index (χ3n) is 8.59. The van der Waals surface area contributed by atoms with Gasteiger partial charge in [0.15, 0.2) is 0 Å². The molecule has 0 amide bonds. The summed E-state index contributed by atoms with van der Waals surface area (Å²) in [7, 11) is 0. The highest BCUT2D eigenvalue weighted by atomic mass is 35.5. The molecule has 4 aliphatic carbocycles. The van der Waals surface area contributed by atoms with Crippen LogP contribution in [0, 0.1) is 34.5 Å². The fraction of sp³-hybridized carbons (Fsp3) is 1.00. The monoisotopic (exact) mass is 342 g/mol. The molecule has 4 fully saturated rings. The predicted octanol–water partition coefficient (Wildman–Crippen LogP) is 2.94. The molecule has 10 atom stereocenters.